The summed E-state index contributed by atoms with van der Waals surface area (Å²) in [5.74, 6) is 4.75. The Labute approximate surface area is 142 Å². The van der Waals surface area contributed by atoms with Crippen molar-refractivity contribution in [2.24, 2.45) is 11.8 Å². The first kappa shape index (κ1) is 18.8. The molecule has 4 unspecified atom stereocenters. The first-order valence-electron chi connectivity index (χ1n) is 8.71. The molecule has 0 aromatic heterocycles. The van der Waals surface area contributed by atoms with Gasteiger partial charge >= 0.3 is 5.97 Å². The molecule has 2 aliphatic rings. The number of nitrogens with one attached hydrogen (secondary N) is 1. The molecule has 1 fully saturated rings. The summed E-state index contributed by atoms with van der Waals surface area (Å²) in [6.45, 7) is 1.74. The van der Waals surface area contributed by atoms with Crippen molar-refractivity contribution in [3.05, 3.63) is 11.3 Å². The molecule has 0 spiro atoms. The third-order valence-electron chi connectivity index (χ3n) is 4.68. The van der Waals surface area contributed by atoms with E-state index >= 15 is 0 Å². The van der Waals surface area contributed by atoms with Crippen molar-refractivity contribution in [1.29, 1.82) is 0 Å². The summed E-state index contributed by atoms with van der Waals surface area (Å²) in [4.78, 5) is 15.3. The van der Waals surface area contributed by atoms with E-state index in [9.17, 15) is 15.0 Å². The van der Waals surface area contributed by atoms with Crippen LogP contribution in [0.25, 0.3) is 0 Å². The SMILES string of the molecule is CCCCCCC(O)C#CC1CC2=C(NOCC(=O)O)CC2C1O. The molecule has 4 N–H and O–H groups in total. The highest BCUT2D eigenvalue weighted by Gasteiger charge is 2.45. The Hall–Kier alpha value is -1.55. The fourth-order valence-corrected chi connectivity index (χ4v) is 3.27. The molecule has 6 heteroatoms. The van der Waals surface area contributed by atoms with Gasteiger partial charge in [0.05, 0.1) is 12.0 Å². The van der Waals surface area contributed by atoms with E-state index in [4.69, 9.17) is 9.94 Å². The molecule has 134 valence electrons. The van der Waals surface area contributed by atoms with E-state index in [0.717, 1.165) is 24.1 Å². The van der Waals surface area contributed by atoms with Crippen LogP contribution in [0.5, 0.6) is 0 Å². The number of aliphatic carboxylic acids is 1. The van der Waals surface area contributed by atoms with Gasteiger partial charge in [-0.25, -0.2) is 4.79 Å². The van der Waals surface area contributed by atoms with Gasteiger partial charge in [-0.2, -0.15) is 0 Å². The number of hydrogen-bond donors (Lipinski definition) is 4. The molecule has 0 aliphatic heterocycles. The number of hydroxylamine groups is 1. The van der Waals surface area contributed by atoms with Crippen LogP contribution in [0.3, 0.4) is 0 Å². The van der Waals surface area contributed by atoms with Crippen molar-refractivity contribution in [3.8, 4) is 11.8 Å². The van der Waals surface area contributed by atoms with Gasteiger partial charge in [0.1, 0.15) is 6.10 Å². The summed E-state index contributed by atoms with van der Waals surface area (Å²) < 4.78 is 0. The van der Waals surface area contributed by atoms with E-state index in [-0.39, 0.29) is 11.8 Å². The predicted octanol–water partition coefficient (Wildman–Crippen LogP) is 1.58. The number of unbranched alkanes of at least 4 members (excludes halogenated alkanes) is 3. The molecule has 0 aromatic rings. The quantitative estimate of drug-likeness (QED) is 0.290. The minimum Gasteiger partial charge on any atom is -0.479 e. The van der Waals surface area contributed by atoms with Crippen LogP contribution in [-0.2, 0) is 9.63 Å². The Balaban J connectivity index is 1.79. The van der Waals surface area contributed by atoms with E-state index < -0.39 is 24.8 Å². The Morgan fingerprint density at radius 2 is 2.17 bits per heavy atom. The highest BCUT2D eigenvalue weighted by atomic mass is 16.7. The van der Waals surface area contributed by atoms with E-state index in [1.807, 2.05) is 0 Å². The standard InChI is InChI=1S/C18H27NO5/c1-2-3-4-5-6-13(20)8-7-12-9-14-15(18(12)23)10-16(14)19-24-11-17(21)22/h12-13,15,18-20,23H,2-6,9-11H2,1H3,(H,21,22). The fourth-order valence-electron chi connectivity index (χ4n) is 3.27. The van der Waals surface area contributed by atoms with Gasteiger partial charge in [-0.15, -0.1) is 0 Å². The number of hydrogen-bond acceptors (Lipinski definition) is 5. The molecule has 0 amide bonds. The molecule has 2 aliphatic carbocycles. The zero-order chi connectivity index (χ0) is 17.5. The Morgan fingerprint density at radius 1 is 1.38 bits per heavy atom. The number of aliphatic hydroxyl groups is 2. The lowest BCUT2D eigenvalue weighted by Gasteiger charge is -2.30. The molecule has 4 atom stereocenters. The molecule has 1 saturated carbocycles. The van der Waals surface area contributed by atoms with Crippen molar-refractivity contribution >= 4 is 5.97 Å². The number of fused-ring (bicyclic) bond motifs is 1. The highest BCUT2D eigenvalue weighted by molar-refractivity contribution is 5.67. The molecule has 0 aromatic carbocycles. The van der Waals surface area contributed by atoms with Crippen LogP contribution in [0.15, 0.2) is 11.3 Å². The normalized spacial score (nSPS) is 26.2. The van der Waals surface area contributed by atoms with Gasteiger partial charge in [-0.1, -0.05) is 38.0 Å². The molecular formula is C18H27NO5. The minimum absolute atomic E-state index is 0.0712. The monoisotopic (exact) mass is 337 g/mol. The van der Waals surface area contributed by atoms with Crippen molar-refractivity contribution in [2.75, 3.05) is 6.61 Å². The summed E-state index contributed by atoms with van der Waals surface area (Å²) in [6.07, 6.45) is 5.24. The number of carbonyl (C=O) groups is 1. The van der Waals surface area contributed by atoms with Gasteiger partial charge in [0.15, 0.2) is 6.61 Å². The van der Waals surface area contributed by atoms with E-state index in [1.54, 1.807) is 0 Å². The van der Waals surface area contributed by atoms with Gasteiger partial charge < -0.3 is 15.3 Å². The summed E-state index contributed by atoms with van der Waals surface area (Å²) in [5.41, 5.74) is 4.57. The molecule has 6 nitrogen and oxygen atoms in total. The predicted molar refractivity (Wildman–Crippen MR) is 88.5 cm³/mol. The maximum atomic E-state index is 10.4. The molecule has 0 bridgehead atoms. The van der Waals surface area contributed by atoms with Gasteiger partial charge in [-0.3, -0.25) is 10.3 Å². The zero-order valence-corrected chi connectivity index (χ0v) is 14.1. The maximum absolute atomic E-state index is 10.4. The van der Waals surface area contributed by atoms with E-state index in [1.165, 1.54) is 12.8 Å². The average Bonchev–Trinajstić information content (AvgIpc) is 2.77. The third kappa shape index (κ3) is 4.97. The second-order valence-corrected chi connectivity index (χ2v) is 6.55. The van der Waals surface area contributed by atoms with Crippen LogP contribution in [0, 0.1) is 23.7 Å². The first-order valence-corrected chi connectivity index (χ1v) is 8.71. The minimum atomic E-state index is -1.04. The van der Waals surface area contributed by atoms with Crippen molar-refractivity contribution in [2.45, 2.75) is 64.1 Å². The van der Waals surface area contributed by atoms with Crippen molar-refractivity contribution in [1.82, 2.24) is 5.48 Å². The van der Waals surface area contributed by atoms with Crippen LogP contribution >= 0.6 is 0 Å². The van der Waals surface area contributed by atoms with E-state index in [0.29, 0.717) is 19.3 Å². The lowest BCUT2D eigenvalue weighted by molar-refractivity contribution is -0.144. The lowest BCUT2D eigenvalue weighted by Crippen LogP contribution is -2.32. The first-order chi connectivity index (χ1) is 11.5. The van der Waals surface area contributed by atoms with Crippen LogP contribution < -0.4 is 5.48 Å². The summed E-state index contributed by atoms with van der Waals surface area (Å²) in [5, 5.41) is 28.7. The number of rotatable bonds is 9. The van der Waals surface area contributed by atoms with Crippen LogP contribution in [0.4, 0.5) is 0 Å². The zero-order valence-electron chi connectivity index (χ0n) is 14.1. The number of aliphatic hydroxyl groups excluding tert-OH is 2. The Bertz CT molecular complexity index is 533. The number of carboxylic acid groups (broad SMARTS) is 1. The van der Waals surface area contributed by atoms with Crippen LogP contribution in [0.2, 0.25) is 0 Å². The number of carboxylic acids is 1. The highest BCUT2D eigenvalue weighted by Crippen LogP contribution is 2.48. The molecule has 0 heterocycles. The maximum Gasteiger partial charge on any atom is 0.332 e. The summed E-state index contributed by atoms with van der Waals surface area (Å²) >= 11 is 0. The second-order valence-electron chi connectivity index (χ2n) is 6.55. The van der Waals surface area contributed by atoms with Crippen LogP contribution in [0.1, 0.15) is 51.9 Å². The number of allylic oxidation sites excluding steroid dienone is 1. The van der Waals surface area contributed by atoms with Gasteiger partial charge in [0.25, 0.3) is 0 Å². The molecular weight excluding hydrogens is 310 g/mol. The fraction of sp³-hybridized carbons (Fsp3) is 0.722. The van der Waals surface area contributed by atoms with Crippen LogP contribution in [-0.4, -0.2) is 40.1 Å². The molecule has 0 saturated heterocycles. The molecule has 2 rings (SSSR count). The van der Waals surface area contributed by atoms with Gasteiger partial charge in [0, 0.05) is 11.6 Å². The summed E-state index contributed by atoms with van der Waals surface area (Å²) in [7, 11) is 0. The smallest absolute Gasteiger partial charge is 0.332 e. The molecule has 24 heavy (non-hydrogen) atoms. The average molecular weight is 337 g/mol. The van der Waals surface area contributed by atoms with Gasteiger partial charge in [0.2, 0.25) is 0 Å². The largest absolute Gasteiger partial charge is 0.479 e. The Kier molecular flexibility index (Phi) is 7.10. The topological polar surface area (TPSA) is 99.0 Å². The van der Waals surface area contributed by atoms with Crippen molar-refractivity contribution < 1.29 is 25.0 Å². The second kappa shape index (κ2) is 9.07. The molecule has 0 radical (unpaired) electrons. The summed E-state index contributed by atoms with van der Waals surface area (Å²) in [6, 6.07) is 0. The lowest BCUT2D eigenvalue weighted by atomic mass is 9.83. The third-order valence-corrected chi connectivity index (χ3v) is 4.68. The van der Waals surface area contributed by atoms with Crippen molar-refractivity contribution in [3.63, 3.8) is 0 Å². The van der Waals surface area contributed by atoms with Gasteiger partial charge in [-0.05, 0) is 31.3 Å². The Morgan fingerprint density at radius 3 is 2.88 bits per heavy atom. The van der Waals surface area contributed by atoms with E-state index in [2.05, 4.69) is 24.2 Å².